The van der Waals surface area contributed by atoms with Crippen LogP contribution in [-0.2, 0) is 6.54 Å². The van der Waals surface area contributed by atoms with E-state index in [4.69, 9.17) is 16.7 Å². The number of nitrogens with zero attached hydrogens (tertiary/aromatic N) is 1. The molecule has 3 aromatic rings. The van der Waals surface area contributed by atoms with Crippen LogP contribution in [0, 0.1) is 6.92 Å². The maximum absolute atomic E-state index is 11.0. The summed E-state index contributed by atoms with van der Waals surface area (Å²) in [5.41, 5.74) is 3.60. The Morgan fingerprint density at radius 3 is 2.52 bits per heavy atom. The molecule has 0 aliphatic rings. The lowest BCUT2D eigenvalue weighted by molar-refractivity contribution is 0.0697. The summed E-state index contributed by atoms with van der Waals surface area (Å²) < 4.78 is 2.17. The van der Waals surface area contributed by atoms with Crippen LogP contribution in [0.5, 0.6) is 0 Å². The summed E-state index contributed by atoms with van der Waals surface area (Å²) in [6.07, 6.45) is 0. The zero-order valence-corrected chi connectivity index (χ0v) is 12.3. The van der Waals surface area contributed by atoms with Gasteiger partial charge in [-0.3, -0.25) is 0 Å². The molecule has 106 valence electrons. The second-order valence-corrected chi connectivity index (χ2v) is 5.51. The van der Waals surface area contributed by atoms with Crippen LogP contribution in [-0.4, -0.2) is 15.6 Å². The Bertz CT molecular complexity index is 819. The summed E-state index contributed by atoms with van der Waals surface area (Å²) >= 11 is 5.90. The van der Waals surface area contributed by atoms with Gasteiger partial charge in [0.15, 0.2) is 0 Å². The molecule has 0 saturated heterocycles. The van der Waals surface area contributed by atoms with Crippen molar-refractivity contribution in [3.8, 4) is 0 Å². The highest BCUT2D eigenvalue weighted by Gasteiger charge is 2.09. The fraction of sp³-hybridized carbons (Fsp3) is 0.118. The monoisotopic (exact) mass is 299 g/mol. The van der Waals surface area contributed by atoms with Crippen molar-refractivity contribution in [1.29, 1.82) is 0 Å². The summed E-state index contributed by atoms with van der Waals surface area (Å²) in [6.45, 7) is 2.76. The average Bonchev–Trinajstić information content (AvgIpc) is 2.76. The molecular weight excluding hydrogens is 286 g/mol. The first-order chi connectivity index (χ1) is 10.0. The Hall–Kier alpha value is -2.26. The predicted molar refractivity (Wildman–Crippen MR) is 84.2 cm³/mol. The minimum atomic E-state index is -0.903. The molecular formula is C17H14ClNO2. The number of aromatic carboxylic acids is 1. The lowest BCUT2D eigenvalue weighted by Gasteiger charge is -2.09. The fourth-order valence-electron chi connectivity index (χ4n) is 2.52. The SMILES string of the molecule is Cc1cc2cc(C(=O)O)ccc2n1Cc1ccc(Cl)cc1. The summed E-state index contributed by atoms with van der Waals surface area (Å²) in [7, 11) is 0. The Kier molecular flexibility index (Phi) is 3.43. The molecule has 0 aliphatic heterocycles. The molecule has 0 atom stereocenters. The fourth-order valence-corrected chi connectivity index (χ4v) is 2.65. The van der Waals surface area contributed by atoms with E-state index < -0.39 is 5.97 Å². The summed E-state index contributed by atoms with van der Waals surface area (Å²) in [5, 5.41) is 10.7. The summed E-state index contributed by atoms with van der Waals surface area (Å²) in [5.74, 6) is -0.903. The van der Waals surface area contributed by atoms with Crippen molar-refractivity contribution in [2.75, 3.05) is 0 Å². The minimum absolute atomic E-state index is 0.311. The van der Waals surface area contributed by atoms with E-state index in [-0.39, 0.29) is 0 Å². The molecule has 0 saturated carbocycles. The third-order valence-corrected chi connectivity index (χ3v) is 3.86. The van der Waals surface area contributed by atoms with E-state index in [2.05, 4.69) is 4.57 Å². The van der Waals surface area contributed by atoms with Crippen LogP contribution < -0.4 is 0 Å². The normalized spacial score (nSPS) is 11.0. The number of carboxylic acid groups (broad SMARTS) is 1. The average molecular weight is 300 g/mol. The van der Waals surface area contributed by atoms with Gasteiger partial charge in [0.25, 0.3) is 0 Å². The van der Waals surface area contributed by atoms with Gasteiger partial charge in [0.05, 0.1) is 5.56 Å². The Morgan fingerprint density at radius 1 is 1.14 bits per heavy atom. The van der Waals surface area contributed by atoms with Crippen molar-refractivity contribution < 1.29 is 9.90 Å². The molecule has 1 aromatic heterocycles. The van der Waals surface area contributed by atoms with E-state index in [1.54, 1.807) is 12.1 Å². The molecule has 4 heteroatoms. The molecule has 0 unspecified atom stereocenters. The van der Waals surface area contributed by atoms with Crippen molar-refractivity contribution in [2.45, 2.75) is 13.5 Å². The largest absolute Gasteiger partial charge is 0.478 e. The van der Waals surface area contributed by atoms with Gasteiger partial charge < -0.3 is 9.67 Å². The van der Waals surface area contributed by atoms with Crippen molar-refractivity contribution in [2.24, 2.45) is 0 Å². The van der Waals surface area contributed by atoms with Gasteiger partial charge in [0, 0.05) is 28.2 Å². The first-order valence-corrected chi connectivity index (χ1v) is 7.00. The van der Waals surface area contributed by atoms with E-state index in [0.29, 0.717) is 5.56 Å². The molecule has 3 nitrogen and oxygen atoms in total. The van der Waals surface area contributed by atoms with Gasteiger partial charge in [0.2, 0.25) is 0 Å². The maximum atomic E-state index is 11.0. The molecule has 0 radical (unpaired) electrons. The number of hydrogen-bond acceptors (Lipinski definition) is 1. The zero-order chi connectivity index (χ0) is 15.0. The molecule has 3 rings (SSSR count). The van der Waals surface area contributed by atoms with E-state index in [1.165, 1.54) is 0 Å². The van der Waals surface area contributed by atoms with E-state index >= 15 is 0 Å². The van der Waals surface area contributed by atoms with Crippen molar-refractivity contribution >= 4 is 28.5 Å². The zero-order valence-electron chi connectivity index (χ0n) is 11.5. The van der Waals surface area contributed by atoms with Gasteiger partial charge in [-0.05, 0) is 48.9 Å². The molecule has 1 heterocycles. The molecule has 1 N–H and O–H groups in total. The lowest BCUT2D eigenvalue weighted by atomic mass is 10.1. The van der Waals surface area contributed by atoms with Crippen molar-refractivity contribution in [3.05, 3.63) is 70.4 Å². The number of carboxylic acids is 1. The van der Waals surface area contributed by atoms with Crippen LogP contribution in [0.2, 0.25) is 5.02 Å². The van der Waals surface area contributed by atoms with Gasteiger partial charge >= 0.3 is 5.97 Å². The highest BCUT2D eigenvalue weighted by molar-refractivity contribution is 6.30. The highest BCUT2D eigenvalue weighted by Crippen LogP contribution is 2.23. The number of benzene rings is 2. The molecule has 0 bridgehead atoms. The number of halogens is 1. The van der Waals surface area contributed by atoms with E-state index in [9.17, 15) is 4.79 Å². The second kappa shape index (κ2) is 5.26. The van der Waals surface area contributed by atoms with Crippen LogP contribution in [0.15, 0.2) is 48.5 Å². The number of hydrogen-bond donors (Lipinski definition) is 1. The number of aromatic nitrogens is 1. The molecule has 0 spiro atoms. The second-order valence-electron chi connectivity index (χ2n) is 5.08. The summed E-state index contributed by atoms with van der Waals surface area (Å²) in [6, 6.07) is 15.0. The molecule has 21 heavy (non-hydrogen) atoms. The van der Waals surface area contributed by atoms with Crippen LogP contribution >= 0.6 is 11.6 Å². The van der Waals surface area contributed by atoms with Gasteiger partial charge in [0.1, 0.15) is 0 Å². The van der Waals surface area contributed by atoms with Crippen LogP contribution in [0.3, 0.4) is 0 Å². The third kappa shape index (κ3) is 2.65. The Balaban J connectivity index is 2.04. The molecule has 0 amide bonds. The first-order valence-electron chi connectivity index (χ1n) is 6.62. The molecule has 0 fully saturated rings. The standard InChI is InChI=1S/C17H14ClNO2/c1-11-8-14-9-13(17(20)21)4-7-16(14)19(11)10-12-2-5-15(18)6-3-12/h2-9H,10H2,1H3,(H,20,21). The van der Waals surface area contributed by atoms with Crippen molar-refractivity contribution in [3.63, 3.8) is 0 Å². The van der Waals surface area contributed by atoms with Gasteiger partial charge in [-0.25, -0.2) is 4.79 Å². The van der Waals surface area contributed by atoms with Crippen LogP contribution in [0.4, 0.5) is 0 Å². The van der Waals surface area contributed by atoms with Gasteiger partial charge in [-0.1, -0.05) is 23.7 Å². The lowest BCUT2D eigenvalue weighted by Crippen LogP contribution is -2.01. The minimum Gasteiger partial charge on any atom is -0.478 e. The topological polar surface area (TPSA) is 42.2 Å². The predicted octanol–water partition coefficient (Wildman–Crippen LogP) is 4.35. The van der Waals surface area contributed by atoms with Crippen LogP contribution in [0.1, 0.15) is 21.6 Å². The van der Waals surface area contributed by atoms with E-state index in [0.717, 1.165) is 33.7 Å². The Morgan fingerprint density at radius 2 is 1.86 bits per heavy atom. The third-order valence-electron chi connectivity index (χ3n) is 3.61. The highest BCUT2D eigenvalue weighted by atomic mass is 35.5. The van der Waals surface area contributed by atoms with E-state index in [1.807, 2.05) is 43.3 Å². The van der Waals surface area contributed by atoms with Gasteiger partial charge in [-0.15, -0.1) is 0 Å². The number of aryl methyl sites for hydroxylation is 1. The maximum Gasteiger partial charge on any atom is 0.335 e. The van der Waals surface area contributed by atoms with Gasteiger partial charge in [-0.2, -0.15) is 0 Å². The smallest absolute Gasteiger partial charge is 0.335 e. The molecule has 0 aliphatic carbocycles. The van der Waals surface area contributed by atoms with Crippen LogP contribution in [0.25, 0.3) is 10.9 Å². The number of rotatable bonds is 3. The first kappa shape index (κ1) is 13.7. The Labute approximate surface area is 127 Å². The quantitative estimate of drug-likeness (QED) is 0.781. The van der Waals surface area contributed by atoms with Crippen molar-refractivity contribution in [1.82, 2.24) is 4.57 Å². The number of carbonyl (C=O) groups is 1. The summed E-state index contributed by atoms with van der Waals surface area (Å²) in [4.78, 5) is 11.0. The number of fused-ring (bicyclic) bond motifs is 1. The molecule has 2 aromatic carbocycles.